The minimum atomic E-state index is -1.07. The highest BCUT2D eigenvalue weighted by molar-refractivity contribution is 5.92. The molecular formula is C35H29F3N4O4. The molecule has 8 nitrogen and oxygen atoms in total. The Hall–Kier alpha value is -5.21. The number of benzene rings is 3. The summed E-state index contributed by atoms with van der Waals surface area (Å²) in [4.78, 5) is 20.7. The smallest absolute Gasteiger partial charge is 0.335 e. The van der Waals surface area contributed by atoms with E-state index in [0.717, 1.165) is 31.0 Å². The second kappa shape index (κ2) is 12.7. The van der Waals surface area contributed by atoms with E-state index in [9.17, 15) is 14.3 Å². The molecule has 1 saturated heterocycles. The highest BCUT2D eigenvalue weighted by Gasteiger charge is 2.30. The highest BCUT2D eigenvalue weighted by Crippen LogP contribution is 2.35. The molecule has 1 aliphatic rings. The molecule has 11 heteroatoms. The predicted molar refractivity (Wildman–Crippen MR) is 163 cm³/mol. The average molecular weight is 627 g/mol. The monoisotopic (exact) mass is 626 g/mol. The van der Waals surface area contributed by atoms with E-state index in [1.165, 1.54) is 30.3 Å². The molecule has 5 aromatic rings. The minimum absolute atomic E-state index is 0.0283. The Morgan fingerprint density at radius 2 is 1.78 bits per heavy atom. The molecule has 0 atom stereocenters. The van der Waals surface area contributed by atoms with Crippen molar-refractivity contribution in [1.82, 2.24) is 14.5 Å². The van der Waals surface area contributed by atoms with Crippen LogP contribution in [0, 0.1) is 34.2 Å². The summed E-state index contributed by atoms with van der Waals surface area (Å²) in [5, 5.41) is 18.5. The Morgan fingerprint density at radius 3 is 2.52 bits per heavy atom. The zero-order chi connectivity index (χ0) is 32.4. The van der Waals surface area contributed by atoms with E-state index < -0.39 is 23.4 Å². The van der Waals surface area contributed by atoms with Crippen LogP contribution in [-0.2, 0) is 24.3 Å². The number of hydrogen-bond donors (Lipinski definition) is 1. The number of carbonyl (C=O) groups is 1. The summed E-state index contributed by atoms with van der Waals surface area (Å²) < 4.78 is 58.6. The summed E-state index contributed by atoms with van der Waals surface area (Å²) in [6.45, 7) is 3.67. The first kappa shape index (κ1) is 30.8. The number of rotatable bonds is 9. The van der Waals surface area contributed by atoms with Crippen LogP contribution in [0.3, 0.4) is 0 Å². The number of carboxylic acids is 1. The van der Waals surface area contributed by atoms with Crippen molar-refractivity contribution in [3.05, 3.63) is 112 Å². The van der Waals surface area contributed by atoms with Crippen LogP contribution in [0.4, 0.5) is 13.2 Å². The fourth-order valence-electron chi connectivity index (χ4n) is 5.64. The van der Waals surface area contributed by atoms with Gasteiger partial charge in [-0.3, -0.25) is 0 Å². The van der Waals surface area contributed by atoms with Crippen LogP contribution in [0.1, 0.15) is 52.6 Å². The van der Waals surface area contributed by atoms with Gasteiger partial charge in [-0.15, -0.1) is 0 Å². The molecule has 0 aliphatic carbocycles. The van der Waals surface area contributed by atoms with Gasteiger partial charge in [0.15, 0.2) is 0 Å². The molecule has 3 aromatic carbocycles. The Balaban J connectivity index is 1.28. The Bertz CT molecular complexity index is 2000. The molecule has 2 aromatic heterocycles. The first-order chi connectivity index (χ1) is 22.1. The Labute approximate surface area is 262 Å². The van der Waals surface area contributed by atoms with Crippen LogP contribution in [-0.4, -0.2) is 38.8 Å². The van der Waals surface area contributed by atoms with Gasteiger partial charge >= 0.3 is 5.97 Å². The molecule has 6 rings (SSSR count). The topological polar surface area (TPSA) is 110 Å². The van der Waals surface area contributed by atoms with Crippen molar-refractivity contribution >= 4 is 17.0 Å². The molecule has 0 radical (unpaired) electrons. The molecule has 234 valence electrons. The van der Waals surface area contributed by atoms with E-state index in [-0.39, 0.29) is 57.8 Å². The summed E-state index contributed by atoms with van der Waals surface area (Å²) in [5.74, 6) is -2.46. The van der Waals surface area contributed by atoms with E-state index in [2.05, 4.69) is 11.9 Å². The lowest BCUT2D eigenvalue weighted by molar-refractivity contribution is 0.0157. The number of ether oxygens (including phenoxy) is 2. The summed E-state index contributed by atoms with van der Waals surface area (Å²) in [7, 11) is 0. The maximum Gasteiger partial charge on any atom is 0.335 e. The number of aromatic nitrogens is 3. The number of aromatic carboxylic acids is 1. The van der Waals surface area contributed by atoms with Crippen LogP contribution in [0.2, 0.25) is 0 Å². The quantitative estimate of drug-likeness (QED) is 0.186. The maximum atomic E-state index is 15.6. The van der Waals surface area contributed by atoms with E-state index in [1.54, 1.807) is 18.2 Å². The summed E-state index contributed by atoms with van der Waals surface area (Å²) in [6, 6.07) is 17.4. The fourth-order valence-corrected chi connectivity index (χ4v) is 5.64. The van der Waals surface area contributed by atoms with E-state index in [1.807, 2.05) is 10.6 Å². The van der Waals surface area contributed by atoms with E-state index >= 15 is 8.78 Å². The molecule has 3 heterocycles. The van der Waals surface area contributed by atoms with Gasteiger partial charge in [-0.1, -0.05) is 19.1 Å². The van der Waals surface area contributed by atoms with Gasteiger partial charge in [0.05, 0.1) is 33.9 Å². The molecule has 0 bridgehead atoms. The zero-order valence-electron chi connectivity index (χ0n) is 24.9. The van der Waals surface area contributed by atoms with Gasteiger partial charge in [0.1, 0.15) is 29.9 Å². The number of nitriles is 1. The molecule has 46 heavy (non-hydrogen) atoms. The van der Waals surface area contributed by atoms with Crippen LogP contribution in [0.25, 0.3) is 22.3 Å². The Morgan fingerprint density at radius 1 is 1.00 bits per heavy atom. The van der Waals surface area contributed by atoms with Gasteiger partial charge in [-0.2, -0.15) is 5.26 Å². The van der Waals surface area contributed by atoms with Crippen molar-refractivity contribution in [1.29, 1.82) is 5.26 Å². The standard InChI is InChI=1S/C35H29F3N4O4/c1-35(9-11-45-12-10-35)20-42-31-15-22(34(43)44)7-8-30(31)40-32(42)16-24-14-28(38)25(17-27(24)37)29-3-2-4-33(41-29)46-19-23-6-5-21(18-39)13-26(23)36/h2-8,13-15,17H,9-12,16,19-20H2,1H3,(H,43,44). The largest absolute Gasteiger partial charge is 0.478 e. The first-order valence-corrected chi connectivity index (χ1v) is 14.7. The van der Waals surface area contributed by atoms with Gasteiger partial charge in [-0.05, 0) is 72.4 Å². The van der Waals surface area contributed by atoms with Gasteiger partial charge in [-0.25, -0.2) is 27.9 Å². The summed E-state index contributed by atoms with van der Waals surface area (Å²) in [5.41, 5.74) is 1.66. The number of carboxylic acid groups (broad SMARTS) is 1. The van der Waals surface area contributed by atoms with Gasteiger partial charge in [0, 0.05) is 43.4 Å². The number of halogens is 3. The number of hydrogen-bond acceptors (Lipinski definition) is 6. The van der Waals surface area contributed by atoms with Crippen molar-refractivity contribution in [3.63, 3.8) is 0 Å². The molecule has 0 unspecified atom stereocenters. The normalized spacial score (nSPS) is 14.2. The molecule has 1 fully saturated rings. The molecule has 0 spiro atoms. The second-order valence-corrected chi connectivity index (χ2v) is 11.7. The van der Waals surface area contributed by atoms with Gasteiger partial charge < -0.3 is 19.1 Å². The predicted octanol–water partition coefficient (Wildman–Crippen LogP) is 7.07. The lowest BCUT2D eigenvalue weighted by atomic mass is 9.82. The van der Waals surface area contributed by atoms with Crippen LogP contribution < -0.4 is 4.74 Å². The third-order valence-electron chi connectivity index (χ3n) is 8.36. The number of imidazole rings is 1. The van der Waals surface area contributed by atoms with Crippen molar-refractivity contribution in [2.45, 2.75) is 39.3 Å². The van der Waals surface area contributed by atoms with Crippen LogP contribution in [0.5, 0.6) is 5.88 Å². The zero-order valence-corrected chi connectivity index (χ0v) is 24.9. The first-order valence-electron chi connectivity index (χ1n) is 14.7. The summed E-state index contributed by atoms with van der Waals surface area (Å²) in [6.07, 6.45) is 1.56. The number of fused-ring (bicyclic) bond motifs is 1. The van der Waals surface area contributed by atoms with Gasteiger partial charge in [0.2, 0.25) is 5.88 Å². The number of pyridine rings is 1. The van der Waals surface area contributed by atoms with Crippen molar-refractivity contribution in [2.24, 2.45) is 5.41 Å². The van der Waals surface area contributed by atoms with Crippen molar-refractivity contribution < 1.29 is 32.5 Å². The lowest BCUT2D eigenvalue weighted by Crippen LogP contribution is -2.31. The van der Waals surface area contributed by atoms with Crippen LogP contribution in [0.15, 0.2) is 66.7 Å². The minimum Gasteiger partial charge on any atom is -0.478 e. The van der Waals surface area contributed by atoms with Crippen LogP contribution >= 0.6 is 0 Å². The average Bonchev–Trinajstić information content (AvgIpc) is 3.37. The fraction of sp³-hybridized carbons (Fsp3) is 0.257. The van der Waals surface area contributed by atoms with E-state index in [4.69, 9.17) is 19.7 Å². The summed E-state index contributed by atoms with van der Waals surface area (Å²) >= 11 is 0. The molecule has 1 N–H and O–H groups in total. The molecule has 1 aliphatic heterocycles. The van der Waals surface area contributed by atoms with Gasteiger partial charge in [0.25, 0.3) is 0 Å². The molecule has 0 saturated carbocycles. The Kier molecular flexibility index (Phi) is 8.47. The third-order valence-corrected chi connectivity index (χ3v) is 8.36. The van der Waals surface area contributed by atoms with Crippen molar-refractivity contribution in [3.8, 4) is 23.2 Å². The number of nitrogens with zero attached hydrogens (tertiary/aromatic N) is 4. The third kappa shape index (κ3) is 6.43. The second-order valence-electron chi connectivity index (χ2n) is 11.7. The molecular weight excluding hydrogens is 597 g/mol. The highest BCUT2D eigenvalue weighted by atomic mass is 19.1. The van der Waals surface area contributed by atoms with E-state index in [0.29, 0.717) is 36.6 Å². The van der Waals surface area contributed by atoms with Crippen molar-refractivity contribution in [2.75, 3.05) is 13.2 Å². The molecule has 0 amide bonds. The maximum absolute atomic E-state index is 15.6. The SMILES string of the molecule is CC1(Cn2c(Cc3cc(F)c(-c4cccc(OCc5ccc(C#N)cc5F)n4)cc3F)nc3ccc(C(=O)O)cc32)CCOCC1. The lowest BCUT2D eigenvalue weighted by Gasteiger charge is -2.34.